The van der Waals surface area contributed by atoms with Gasteiger partial charge in [0.15, 0.2) is 11.0 Å². The molecule has 0 atom stereocenters. The van der Waals surface area contributed by atoms with E-state index in [-0.39, 0.29) is 23.0 Å². The minimum absolute atomic E-state index is 0.0439. The summed E-state index contributed by atoms with van der Waals surface area (Å²) in [5.41, 5.74) is 1.00. The first-order chi connectivity index (χ1) is 14.4. The lowest BCUT2D eigenvalue weighted by Crippen LogP contribution is -2.15. The SMILES string of the molecule is C=CCn1c(SCC(=O)Nc2ccccc2[N+](=O)[O-])nnc1-c1csc(C(C)C)c1. The lowest BCUT2D eigenvalue weighted by Gasteiger charge is -2.08. The van der Waals surface area contributed by atoms with Gasteiger partial charge in [-0.2, -0.15) is 0 Å². The van der Waals surface area contributed by atoms with Crippen LogP contribution in [0.3, 0.4) is 0 Å². The molecule has 2 heterocycles. The summed E-state index contributed by atoms with van der Waals surface area (Å²) in [5, 5.41) is 24.9. The summed E-state index contributed by atoms with van der Waals surface area (Å²) < 4.78 is 1.90. The summed E-state index contributed by atoms with van der Waals surface area (Å²) in [6.45, 7) is 8.58. The second kappa shape index (κ2) is 9.68. The Bertz CT molecular complexity index is 1070. The highest BCUT2D eigenvalue weighted by Gasteiger charge is 2.18. The van der Waals surface area contributed by atoms with Crippen LogP contribution in [0.5, 0.6) is 0 Å². The number of hydrogen-bond acceptors (Lipinski definition) is 7. The minimum atomic E-state index is -0.526. The molecule has 3 rings (SSSR count). The first-order valence-corrected chi connectivity index (χ1v) is 11.1. The van der Waals surface area contributed by atoms with Gasteiger partial charge < -0.3 is 5.32 Å². The van der Waals surface area contributed by atoms with E-state index in [2.05, 4.69) is 47.4 Å². The van der Waals surface area contributed by atoms with Crippen LogP contribution in [0.1, 0.15) is 24.6 Å². The molecule has 0 bridgehead atoms. The molecule has 156 valence electrons. The van der Waals surface area contributed by atoms with E-state index in [0.717, 1.165) is 11.4 Å². The molecule has 0 saturated heterocycles. The molecule has 8 nitrogen and oxygen atoms in total. The first kappa shape index (κ1) is 21.7. The molecule has 0 aliphatic carbocycles. The molecule has 0 saturated carbocycles. The van der Waals surface area contributed by atoms with E-state index in [1.165, 1.54) is 28.8 Å². The van der Waals surface area contributed by atoms with E-state index in [1.54, 1.807) is 29.5 Å². The number of amides is 1. The molecule has 3 aromatic rings. The van der Waals surface area contributed by atoms with Gasteiger partial charge in [0.05, 0.1) is 10.7 Å². The minimum Gasteiger partial charge on any atom is -0.320 e. The second-order valence-electron chi connectivity index (χ2n) is 6.71. The number of allylic oxidation sites excluding steroid dienone is 1. The monoisotopic (exact) mass is 443 g/mol. The molecule has 0 fully saturated rings. The highest BCUT2D eigenvalue weighted by molar-refractivity contribution is 7.99. The summed E-state index contributed by atoms with van der Waals surface area (Å²) in [6.07, 6.45) is 1.75. The fourth-order valence-electron chi connectivity index (χ4n) is 2.73. The molecule has 0 aliphatic rings. The molecular weight excluding hydrogens is 422 g/mol. The Hall–Kier alpha value is -2.98. The van der Waals surface area contributed by atoms with E-state index in [0.29, 0.717) is 17.6 Å². The number of rotatable bonds is 9. The number of thioether (sulfide) groups is 1. The van der Waals surface area contributed by atoms with Crippen LogP contribution >= 0.6 is 23.1 Å². The van der Waals surface area contributed by atoms with Gasteiger partial charge in [-0.3, -0.25) is 19.5 Å². The number of carbonyl (C=O) groups excluding carboxylic acids is 1. The topological polar surface area (TPSA) is 103 Å². The lowest BCUT2D eigenvalue weighted by atomic mass is 10.1. The number of aromatic nitrogens is 3. The third-order valence-electron chi connectivity index (χ3n) is 4.18. The van der Waals surface area contributed by atoms with Gasteiger partial charge in [0, 0.05) is 28.4 Å². The molecule has 1 aromatic carbocycles. The van der Waals surface area contributed by atoms with Crippen molar-refractivity contribution in [1.82, 2.24) is 14.8 Å². The Morgan fingerprint density at radius 3 is 2.83 bits per heavy atom. The van der Waals surface area contributed by atoms with E-state index < -0.39 is 4.92 Å². The van der Waals surface area contributed by atoms with Crippen LogP contribution < -0.4 is 5.32 Å². The number of nitrogens with zero attached hydrogens (tertiary/aromatic N) is 4. The predicted molar refractivity (Wildman–Crippen MR) is 120 cm³/mol. The normalized spacial score (nSPS) is 10.9. The largest absolute Gasteiger partial charge is 0.320 e. The molecular formula is C20H21N5O3S2. The Kier molecular flexibility index (Phi) is 7.01. The maximum Gasteiger partial charge on any atom is 0.292 e. The van der Waals surface area contributed by atoms with Crippen LogP contribution in [0.2, 0.25) is 0 Å². The van der Waals surface area contributed by atoms with Crippen LogP contribution in [0, 0.1) is 10.1 Å². The third-order valence-corrected chi connectivity index (χ3v) is 6.38. The number of nitro benzene ring substituents is 1. The summed E-state index contributed by atoms with van der Waals surface area (Å²) in [7, 11) is 0. The van der Waals surface area contributed by atoms with Gasteiger partial charge in [0.25, 0.3) is 5.69 Å². The maximum atomic E-state index is 12.4. The molecule has 0 radical (unpaired) electrons. The van der Waals surface area contributed by atoms with E-state index >= 15 is 0 Å². The zero-order chi connectivity index (χ0) is 21.7. The van der Waals surface area contributed by atoms with Crippen LogP contribution in [0.4, 0.5) is 11.4 Å². The number of para-hydroxylation sites is 2. The zero-order valence-electron chi connectivity index (χ0n) is 16.6. The van der Waals surface area contributed by atoms with Crippen molar-refractivity contribution < 1.29 is 9.72 Å². The number of anilines is 1. The van der Waals surface area contributed by atoms with Gasteiger partial charge in [-0.15, -0.1) is 28.1 Å². The highest BCUT2D eigenvalue weighted by atomic mass is 32.2. The molecule has 0 unspecified atom stereocenters. The molecule has 10 heteroatoms. The summed E-state index contributed by atoms with van der Waals surface area (Å²) in [4.78, 5) is 24.2. The summed E-state index contributed by atoms with van der Waals surface area (Å²) in [6, 6.07) is 8.14. The number of hydrogen-bond donors (Lipinski definition) is 1. The van der Waals surface area contributed by atoms with E-state index in [9.17, 15) is 14.9 Å². The van der Waals surface area contributed by atoms with Crippen molar-refractivity contribution in [2.24, 2.45) is 0 Å². The van der Waals surface area contributed by atoms with Crippen LogP contribution in [0.15, 0.2) is 53.5 Å². The standard InChI is InChI=1S/C20H21N5O3S2/c1-4-9-24-19(14-10-17(13(2)3)29-11-14)22-23-20(24)30-12-18(26)21-15-7-5-6-8-16(15)25(27)28/h4-8,10-11,13H,1,9,12H2,2-3H3,(H,21,26). The van der Waals surface area contributed by atoms with Gasteiger partial charge >= 0.3 is 0 Å². The summed E-state index contributed by atoms with van der Waals surface area (Å²) >= 11 is 2.90. The quantitative estimate of drug-likeness (QED) is 0.217. The van der Waals surface area contributed by atoms with Crippen molar-refractivity contribution in [1.29, 1.82) is 0 Å². The average Bonchev–Trinajstić information content (AvgIpc) is 3.34. The predicted octanol–water partition coefficient (Wildman–Crippen LogP) is 4.96. The van der Waals surface area contributed by atoms with Crippen LogP contribution in [-0.4, -0.2) is 31.3 Å². The highest BCUT2D eigenvalue weighted by Crippen LogP contribution is 2.31. The number of nitro groups is 1. The number of nitrogens with one attached hydrogen (secondary N) is 1. The van der Waals surface area contributed by atoms with Gasteiger partial charge in [0.1, 0.15) is 5.69 Å². The van der Waals surface area contributed by atoms with Crippen molar-refractivity contribution in [3.8, 4) is 11.4 Å². The molecule has 0 spiro atoms. The number of benzene rings is 1. The Morgan fingerprint density at radius 2 is 2.17 bits per heavy atom. The van der Waals surface area contributed by atoms with Gasteiger partial charge in [-0.25, -0.2) is 0 Å². The fourth-order valence-corrected chi connectivity index (χ4v) is 4.38. The number of carbonyl (C=O) groups is 1. The van der Waals surface area contributed by atoms with Crippen molar-refractivity contribution >= 4 is 40.4 Å². The molecule has 30 heavy (non-hydrogen) atoms. The second-order valence-corrected chi connectivity index (χ2v) is 8.59. The molecule has 0 aliphatic heterocycles. The maximum absolute atomic E-state index is 12.4. The van der Waals surface area contributed by atoms with Crippen LogP contribution in [-0.2, 0) is 11.3 Å². The first-order valence-electron chi connectivity index (χ1n) is 9.19. The van der Waals surface area contributed by atoms with Gasteiger partial charge in [0.2, 0.25) is 5.91 Å². The fraction of sp³-hybridized carbons (Fsp3) is 0.250. The Morgan fingerprint density at radius 1 is 1.40 bits per heavy atom. The van der Waals surface area contributed by atoms with Crippen molar-refractivity contribution in [3.63, 3.8) is 0 Å². The van der Waals surface area contributed by atoms with Gasteiger partial charge in [-0.05, 0) is 18.1 Å². The Labute approximate surface area is 182 Å². The lowest BCUT2D eigenvalue weighted by molar-refractivity contribution is -0.383. The van der Waals surface area contributed by atoms with E-state index in [1.807, 2.05) is 4.57 Å². The van der Waals surface area contributed by atoms with Crippen molar-refractivity contribution in [2.45, 2.75) is 31.5 Å². The Balaban J connectivity index is 1.74. The molecule has 1 N–H and O–H groups in total. The van der Waals surface area contributed by atoms with Crippen molar-refractivity contribution in [2.75, 3.05) is 11.1 Å². The molecule has 1 amide bonds. The average molecular weight is 444 g/mol. The molecule has 2 aromatic heterocycles. The summed E-state index contributed by atoms with van der Waals surface area (Å²) in [5.74, 6) is 0.836. The van der Waals surface area contributed by atoms with E-state index in [4.69, 9.17) is 0 Å². The smallest absolute Gasteiger partial charge is 0.292 e. The van der Waals surface area contributed by atoms with Crippen molar-refractivity contribution in [3.05, 3.63) is 63.4 Å². The van der Waals surface area contributed by atoms with Crippen LogP contribution in [0.25, 0.3) is 11.4 Å². The third kappa shape index (κ3) is 4.95. The number of thiophene rings is 1. The zero-order valence-corrected chi connectivity index (χ0v) is 18.2. The van der Waals surface area contributed by atoms with Gasteiger partial charge in [-0.1, -0.05) is 43.8 Å².